The van der Waals surface area contributed by atoms with E-state index in [1.807, 2.05) is 0 Å². The first-order valence-electron chi connectivity index (χ1n) is 10.7. The lowest BCUT2D eigenvalue weighted by Gasteiger charge is -2.44. The summed E-state index contributed by atoms with van der Waals surface area (Å²) in [6.45, 7) is 9.90. The molecule has 1 saturated heterocycles. The van der Waals surface area contributed by atoms with Gasteiger partial charge in [-0.3, -0.25) is 9.59 Å². The summed E-state index contributed by atoms with van der Waals surface area (Å²) in [4.78, 5) is 26.1. The molecule has 1 spiro atoms. The van der Waals surface area contributed by atoms with Crippen LogP contribution in [-0.2, 0) is 19.1 Å². The quantitative estimate of drug-likeness (QED) is 0.789. The lowest BCUT2D eigenvalue weighted by molar-refractivity contribution is -0.199. The van der Waals surface area contributed by atoms with Crippen molar-refractivity contribution < 1.29 is 24.2 Å². The van der Waals surface area contributed by atoms with Gasteiger partial charge in [0.2, 0.25) is 0 Å². The van der Waals surface area contributed by atoms with Crippen LogP contribution < -0.4 is 0 Å². The van der Waals surface area contributed by atoms with Crippen LogP contribution in [0.4, 0.5) is 0 Å². The number of carboxylic acid groups (broad SMARTS) is 1. The van der Waals surface area contributed by atoms with E-state index >= 15 is 0 Å². The van der Waals surface area contributed by atoms with Gasteiger partial charge < -0.3 is 14.6 Å². The van der Waals surface area contributed by atoms with Crippen LogP contribution in [0.25, 0.3) is 0 Å². The van der Waals surface area contributed by atoms with Gasteiger partial charge in [0.25, 0.3) is 0 Å². The maximum Gasteiger partial charge on any atom is 0.307 e. The molecule has 4 aliphatic rings. The second-order valence-corrected chi connectivity index (χ2v) is 10.4. The minimum Gasteiger partial charge on any atom is -0.481 e. The largest absolute Gasteiger partial charge is 0.481 e. The fourth-order valence-corrected chi connectivity index (χ4v) is 7.35. The summed E-state index contributed by atoms with van der Waals surface area (Å²) in [6.07, 6.45) is 5.05. The van der Waals surface area contributed by atoms with Gasteiger partial charge in [-0.25, -0.2) is 0 Å². The van der Waals surface area contributed by atoms with Gasteiger partial charge in [0.05, 0.1) is 25.0 Å². The maximum atomic E-state index is 14.1. The molecule has 0 bridgehead atoms. The summed E-state index contributed by atoms with van der Waals surface area (Å²) in [5.41, 5.74) is -0.425. The highest BCUT2D eigenvalue weighted by Gasteiger charge is 2.69. The van der Waals surface area contributed by atoms with Crippen LogP contribution in [0, 0.1) is 40.4 Å². The number of hydrogen-bond acceptors (Lipinski definition) is 4. The molecule has 0 radical (unpaired) electrons. The zero-order valence-electron chi connectivity index (χ0n) is 17.1. The van der Waals surface area contributed by atoms with Crippen LogP contribution in [0.15, 0.2) is 0 Å². The Hall–Kier alpha value is -0.940. The molecule has 5 heteroatoms. The van der Waals surface area contributed by atoms with Crippen molar-refractivity contribution in [3.63, 3.8) is 0 Å². The second-order valence-electron chi connectivity index (χ2n) is 10.4. The highest BCUT2D eigenvalue weighted by molar-refractivity contribution is 5.91. The Balaban J connectivity index is 1.83. The molecular weight excluding hydrogens is 344 g/mol. The summed E-state index contributed by atoms with van der Waals surface area (Å²) in [6, 6.07) is 0. The number of ketones is 1. The predicted octanol–water partition coefficient (Wildman–Crippen LogP) is 3.90. The second kappa shape index (κ2) is 6.28. The molecular formula is C22H34O5. The van der Waals surface area contributed by atoms with Gasteiger partial charge in [-0.15, -0.1) is 0 Å². The zero-order valence-corrected chi connectivity index (χ0v) is 17.1. The molecule has 0 aromatic carbocycles. The van der Waals surface area contributed by atoms with Crippen LogP contribution >= 0.6 is 0 Å². The fourth-order valence-electron chi connectivity index (χ4n) is 7.35. The minimum absolute atomic E-state index is 0.106. The van der Waals surface area contributed by atoms with E-state index in [-0.39, 0.29) is 22.5 Å². The van der Waals surface area contributed by atoms with Gasteiger partial charge in [-0.1, -0.05) is 34.1 Å². The number of fused-ring (bicyclic) bond motifs is 3. The Morgan fingerprint density at radius 2 is 1.81 bits per heavy atom. The van der Waals surface area contributed by atoms with Crippen LogP contribution in [0.2, 0.25) is 0 Å². The molecule has 0 amide bonds. The lowest BCUT2D eigenvalue weighted by atomic mass is 9.59. The topological polar surface area (TPSA) is 72.8 Å². The molecule has 4 fully saturated rings. The number of carbonyl (C=O) groups is 2. The summed E-state index contributed by atoms with van der Waals surface area (Å²) in [7, 11) is 0. The predicted molar refractivity (Wildman–Crippen MR) is 100.0 cm³/mol. The van der Waals surface area contributed by atoms with Crippen molar-refractivity contribution in [2.45, 2.75) is 72.0 Å². The first kappa shape index (κ1) is 19.4. The minimum atomic E-state index is -0.841. The van der Waals surface area contributed by atoms with Crippen molar-refractivity contribution >= 4 is 11.8 Å². The van der Waals surface area contributed by atoms with Crippen molar-refractivity contribution in [1.82, 2.24) is 0 Å². The molecule has 1 heterocycles. The van der Waals surface area contributed by atoms with Crippen molar-refractivity contribution in [1.29, 1.82) is 0 Å². The molecule has 1 aliphatic heterocycles. The first-order valence-corrected chi connectivity index (χ1v) is 10.7. The third kappa shape index (κ3) is 2.64. The fraction of sp³-hybridized carbons (Fsp3) is 0.909. The van der Waals surface area contributed by atoms with E-state index in [0.717, 1.165) is 32.1 Å². The monoisotopic (exact) mass is 378 g/mol. The molecule has 0 aromatic heterocycles. The van der Waals surface area contributed by atoms with E-state index in [1.165, 1.54) is 0 Å². The Bertz CT molecular complexity index is 637. The van der Waals surface area contributed by atoms with E-state index in [4.69, 9.17) is 9.47 Å². The summed E-state index contributed by atoms with van der Waals surface area (Å²) in [5, 5.41) is 9.89. The SMILES string of the molecule is CC(C)[C@H]1CC2(OCCO2)[C@@H]2C(=O)[C@@H]3[C@H](C(=O)O)CCC[C@@]3(C)CC[C@]12C. The molecule has 3 saturated carbocycles. The molecule has 0 aromatic rings. The number of carboxylic acids is 1. The first-order chi connectivity index (χ1) is 12.6. The Kier molecular flexibility index (Phi) is 4.51. The van der Waals surface area contributed by atoms with Crippen molar-refractivity contribution in [3.8, 4) is 0 Å². The smallest absolute Gasteiger partial charge is 0.307 e. The van der Waals surface area contributed by atoms with Gasteiger partial charge in [0.15, 0.2) is 5.79 Å². The third-order valence-corrected chi connectivity index (χ3v) is 8.59. The molecule has 152 valence electrons. The van der Waals surface area contributed by atoms with E-state index in [1.54, 1.807) is 0 Å². The molecule has 4 rings (SSSR count). The van der Waals surface area contributed by atoms with Gasteiger partial charge in [-0.2, -0.15) is 0 Å². The third-order valence-electron chi connectivity index (χ3n) is 8.59. The van der Waals surface area contributed by atoms with Crippen LogP contribution in [0.5, 0.6) is 0 Å². The number of hydrogen-bond donors (Lipinski definition) is 1. The maximum absolute atomic E-state index is 14.1. The standard InChI is InChI=1S/C22H34O5/c1-13(2)15-12-22(26-10-11-27-22)18-17(23)16-14(19(24)25)6-5-7-20(16,3)8-9-21(15,18)4/h13-16,18H,5-12H2,1-4H3,(H,24,25)/t14-,15-,16+,18-,20+,21-/m1/s1. The van der Waals surface area contributed by atoms with Crippen molar-refractivity contribution in [2.75, 3.05) is 13.2 Å². The highest BCUT2D eigenvalue weighted by Crippen LogP contribution is 2.66. The van der Waals surface area contributed by atoms with Gasteiger partial charge in [0, 0.05) is 12.3 Å². The van der Waals surface area contributed by atoms with Crippen molar-refractivity contribution in [3.05, 3.63) is 0 Å². The average Bonchev–Trinajstić information content (AvgIpc) is 3.13. The average molecular weight is 379 g/mol. The number of ether oxygens (including phenoxy) is 2. The molecule has 3 aliphatic carbocycles. The van der Waals surface area contributed by atoms with E-state index in [0.29, 0.717) is 31.5 Å². The number of Topliss-reactive ketones (excluding diaryl/α,β-unsaturated/α-hetero) is 1. The highest BCUT2D eigenvalue weighted by atomic mass is 16.7. The number of carbonyl (C=O) groups excluding carboxylic acids is 1. The number of aliphatic carboxylic acids is 1. The van der Waals surface area contributed by atoms with Crippen LogP contribution in [0.3, 0.4) is 0 Å². The van der Waals surface area contributed by atoms with Gasteiger partial charge in [-0.05, 0) is 48.3 Å². The van der Waals surface area contributed by atoms with E-state index in [2.05, 4.69) is 27.7 Å². The molecule has 5 nitrogen and oxygen atoms in total. The molecule has 27 heavy (non-hydrogen) atoms. The van der Waals surface area contributed by atoms with Crippen molar-refractivity contribution in [2.24, 2.45) is 40.4 Å². The summed E-state index contributed by atoms with van der Waals surface area (Å²) < 4.78 is 12.3. The molecule has 0 unspecified atom stereocenters. The Morgan fingerprint density at radius 3 is 2.41 bits per heavy atom. The van der Waals surface area contributed by atoms with Crippen LogP contribution in [0.1, 0.15) is 66.2 Å². The van der Waals surface area contributed by atoms with Gasteiger partial charge in [0.1, 0.15) is 5.78 Å². The zero-order chi connectivity index (χ0) is 19.6. The van der Waals surface area contributed by atoms with Gasteiger partial charge >= 0.3 is 5.97 Å². The van der Waals surface area contributed by atoms with E-state index in [9.17, 15) is 14.7 Å². The normalized spacial score (nSPS) is 46.3. The Labute approximate surface area is 162 Å². The molecule has 6 atom stereocenters. The van der Waals surface area contributed by atoms with E-state index < -0.39 is 23.6 Å². The molecule has 1 N–H and O–H groups in total. The lowest BCUT2D eigenvalue weighted by Crippen LogP contribution is -2.51. The summed E-state index contributed by atoms with van der Waals surface area (Å²) in [5.74, 6) is -2.13. The summed E-state index contributed by atoms with van der Waals surface area (Å²) >= 11 is 0. The number of rotatable bonds is 2. The Morgan fingerprint density at radius 1 is 1.15 bits per heavy atom. The van der Waals surface area contributed by atoms with Crippen LogP contribution in [-0.4, -0.2) is 35.9 Å².